The van der Waals surface area contributed by atoms with Gasteiger partial charge in [-0.15, -0.1) is 5.10 Å². The van der Waals surface area contributed by atoms with Gasteiger partial charge in [-0.05, 0) is 48.0 Å². The Morgan fingerprint density at radius 2 is 1.58 bits per heavy atom. The van der Waals surface area contributed by atoms with E-state index in [4.69, 9.17) is 27.6 Å². The molecular weight excluding hydrogens is 349 g/mol. The number of halogens is 2. The van der Waals surface area contributed by atoms with Crippen molar-refractivity contribution in [3.63, 3.8) is 0 Å². The third-order valence-corrected chi connectivity index (χ3v) is 3.55. The van der Waals surface area contributed by atoms with Crippen LogP contribution in [0.1, 0.15) is 5.56 Å². The number of benzene rings is 2. The second-order valence-electron chi connectivity index (χ2n) is 4.79. The fourth-order valence-electron chi connectivity index (χ4n) is 1.88. The minimum atomic E-state index is -0.378. The van der Waals surface area contributed by atoms with Crippen LogP contribution in [-0.4, -0.2) is 16.1 Å². The fraction of sp³-hybridized carbons (Fsp3) is 0. The number of nitrogens with one attached hydrogen (secondary N) is 1. The average molecular weight is 360 g/mol. The molecule has 7 heteroatoms. The van der Waals surface area contributed by atoms with Crippen molar-refractivity contribution in [1.29, 1.82) is 0 Å². The highest BCUT2D eigenvalue weighted by molar-refractivity contribution is 6.30. The third-order valence-electron chi connectivity index (χ3n) is 3.04. The molecule has 0 aliphatic carbocycles. The maximum Gasteiger partial charge on any atom is 0.322 e. The molecule has 2 aromatic carbocycles. The van der Waals surface area contributed by atoms with Crippen molar-refractivity contribution in [2.75, 3.05) is 5.32 Å². The van der Waals surface area contributed by atoms with Gasteiger partial charge in [0.25, 0.3) is 5.91 Å². The highest BCUT2D eigenvalue weighted by Crippen LogP contribution is 2.21. The fourth-order valence-corrected chi connectivity index (χ4v) is 2.13. The smallest absolute Gasteiger partial charge is 0.322 e. The van der Waals surface area contributed by atoms with Crippen molar-refractivity contribution >= 4 is 41.2 Å². The normalized spacial score (nSPS) is 10.9. The monoisotopic (exact) mass is 359 g/mol. The molecule has 0 saturated heterocycles. The van der Waals surface area contributed by atoms with Crippen molar-refractivity contribution in [3.8, 4) is 11.5 Å². The van der Waals surface area contributed by atoms with Gasteiger partial charge in [-0.1, -0.05) is 40.4 Å². The Hall–Kier alpha value is -2.63. The summed E-state index contributed by atoms with van der Waals surface area (Å²) in [7, 11) is 0. The van der Waals surface area contributed by atoms with Crippen LogP contribution in [-0.2, 0) is 4.79 Å². The van der Waals surface area contributed by atoms with Crippen LogP contribution in [0.15, 0.2) is 59.0 Å². The van der Waals surface area contributed by atoms with E-state index in [0.29, 0.717) is 21.5 Å². The minimum absolute atomic E-state index is 0.0192. The molecule has 0 spiro atoms. The number of aromatic nitrogens is 2. The first-order chi connectivity index (χ1) is 11.6. The molecule has 3 rings (SSSR count). The van der Waals surface area contributed by atoms with E-state index in [9.17, 15) is 4.79 Å². The zero-order chi connectivity index (χ0) is 16.9. The number of carbonyl (C=O) groups excluding carboxylic acids is 1. The Labute approximate surface area is 147 Å². The third kappa shape index (κ3) is 4.22. The molecule has 3 aromatic rings. The van der Waals surface area contributed by atoms with E-state index >= 15 is 0 Å². The first-order valence-corrected chi connectivity index (χ1v) is 7.70. The number of hydrogen-bond donors (Lipinski definition) is 1. The molecule has 5 nitrogen and oxygen atoms in total. The highest BCUT2D eigenvalue weighted by Gasteiger charge is 2.09. The topological polar surface area (TPSA) is 68.0 Å². The number of carbonyl (C=O) groups is 1. The summed E-state index contributed by atoms with van der Waals surface area (Å²) in [6.45, 7) is 0. The Bertz CT molecular complexity index is 872. The lowest BCUT2D eigenvalue weighted by molar-refractivity contribution is -0.112. The van der Waals surface area contributed by atoms with Gasteiger partial charge < -0.3 is 4.42 Å². The molecule has 0 radical (unpaired) electrons. The number of hydrogen-bond acceptors (Lipinski definition) is 4. The standard InChI is InChI=1S/C17H11Cl2N3O2/c18-13-6-1-11(2-7-13)3-10-15(23)20-17-22-21-16(24-17)12-4-8-14(19)9-5-12/h1-10H,(H,20,22,23)/b10-3+. The second-order valence-corrected chi connectivity index (χ2v) is 5.67. The summed E-state index contributed by atoms with van der Waals surface area (Å²) >= 11 is 11.6. The van der Waals surface area contributed by atoms with Crippen molar-refractivity contribution in [3.05, 3.63) is 70.2 Å². The molecule has 120 valence electrons. The quantitative estimate of drug-likeness (QED) is 0.685. The van der Waals surface area contributed by atoms with Crippen LogP contribution in [0.3, 0.4) is 0 Å². The summed E-state index contributed by atoms with van der Waals surface area (Å²) in [6.07, 6.45) is 3.03. The molecule has 0 bridgehead atoms. The van der Waals surface area contributed by atoms with Gasteiger partial charge in [-0.2, -0.15) is 0 Å². The van der Waals surface area contributed by atoms with Crippen LogP contribution in [0, 0.1) is 0 Å². The van der Waals surface area contributed by atoms with E-state index in [1.165, 1.54) is 6.08 Å². The summed E-state index contributed by atoms with van der Waals surface area (Å²) in [5, 5.41) is 11.4. The summed E-state index contributed by atoms with van der Waals surface area (Å²) < 4.78 is 5.40. The average Bonchev–Trinajstić information content (AvgIpc) is 3.03. The van der Waals surface area contributed by atoms with Crippen molar-refractivity contribution in [2.45, 2.75) is 0 Å². The van der Waals surface area contributed by atoms with Gasteiger partial charge in [0.2, 0.25) is 5.89 Å². The van der Waals surface area contributed by atoms with Gasteiger partial charge in [0.05, 0.1) is 0 Å². The SMILES string of the molecule is O=C(/C=C/c1ccc(Cl)cc1)Nc1nnc(-c2ccc(Cl)cc2)o1. The predicted octanol–water partition coefficient (Wildman–Crippen LogP) is 4.70. The predicted molar refractivity (Wildman–Crippen MR) is 93.9 cm³/mol. The van der Waals surface area contributed by atoms with Crippen LogP contribution in [0.2, 0.25) is 10.0 Å². The van der Waals surface area contributed by atoms with Gasteiger partial charge in [0, 0.05) is 21.7 Å². The zero-order valence-electron chi connectivity index (χ0n) is 12.2. The molecule has 0 saturated carbocycles. The molecule has 1 aromatic heterocycles. The minimum Gasteiger partial charge on any atom is -0.403 e. The molecule has 1 amide bonds. The summed E-state index contributed by atoms with van der Waals surface area (Å²) in [5.74, 6) is -0.0834. The van der Waals surface area contributed by atoms with E-state index in [0.717, 1.165) is 5.56 Å². The Balaban J connectivity index is 1.64. The lowest BCUT2D eigenvalue weighted by Crippen LogP contribution is -2.07. The van der Waals surface area contributed by atoms with Crippen LogP contribution in [0.4, 0.5) is 6.01 Å². The largest absolute Gasteiger partial charge is 0.403 e. The van der Waals surface area contributed by atoms with Crippen LogP contribution in [0.25, 0.3) is 17.5 Å². The van der Waals surface area contributed by atoms with E-state index in [1.54, 1.807) is 54.6 Å². The maximum atomic E-state index is 11.9. The van der Waals surface area contributed by atoms with Crippen molar-refractivity contribution in [1.82, 2.24) is 10.2 Å². The van der Waals surface area contributed by atoms with E-state index in [-0.39, 0.29) is 11.9 Å². The van der Waals surface area contributed by atoms with Gasteiger partial charge in [0.1, 0.15) is 0 Å². The molecule has 0 unspecified atom stereocenters. The molecule has 24 heavy (non-hydrogen) atoms. The maximum absolute atomic E-state index is 11.9. The van der Waals surface area contributed by atoms with E-state index in [2.05, 4.69) is 15.5 Å². The number of amides is 1. The molecular formula is C17H11Cl2N3O2. The molecule has 0 aliphatic heterocycles. The lowest BCUT2D eigenvalue weighted by Gasteiger charge is -1.96. The van der Waals surface area contributed by atoms with Crippen LogP contribution in [0.5, 0.6) is 0 Å². The summed E-state index contributed by atoms with van der Waals surface area (Å²) in [4.78, 5) is 11.9. The Morgan fingerprint density at radius 3 is 2.25 bits per heavy atom. The summed E-state index contributed by atoms with van der Waals surface area (Å²) in [6, 6.07) is 14.1. The number of anilines is 1. The number of rotatable bonds is 4. The Morgan fingerprint density at radius 1 is 0.958 bits per heavy atom. The first-order valence-electron chi connectivity index (χ1n) is 6.94. The molecule has 0 atom stereocenters. The first kappa shape index (κ1) is 16.2. The van der Waals surface area contributed by atoms with Gasteiger partial charge in [0.15, 0.2) is 0 Å². The van der Waals surface area contributed by atoms with Crippen molar-refractivity contribution < 1.29 is 9.21 Å². The number of nitrogens with zero attached hydrogens (tertiary/aromatic N) is 2. The van der Waals surface area contributed by atoms with Crippen LogP contribution < -0.4 is 5.32 Å². The van der Waals surface area contributed by atoms with E-state index in [1.807, 2.05) is 0 Å². The Kier molecular flexibility index (Phi) is 4.93. The highest BCUT2D eigenvalue weighted by atomic mass is 35.5. The van der Waals surface area contributed by atoms with Gasteiger partial charge in [-0.3, -0.25) is 10.1 Å². The van der Waals surface area contributed by atoms with Gasteiger partial charge >= 0.3 is 6.01 Å². The lowest BCUT2D eigenvalue weighted by atomic mass is 10.2. The molecule has 1 heterocycles. The molecule has 1 N–H and O–H groups in total. The van der Waals surface area contributed by atoms with E-state index < -0.39 is 0 Å². The van der Waals surface area contributed by atoms with Gasteiger partial charge in [-0.25, -0.2) is 0 Å². The zero-order valence-corrected chi connectivity index (χ0v) is 13.8. The van der Waals surface area contributed by atoms with Crippen LogP contribution >= 0.6 is 23.2 Å². The van der Waals surface area contributed by atoms with Crippen molar-refractivity contribution in [2.24, 2.45) is 0 Å². The second kappa shape index (κ2) is 7.29. The summed E-state index contributed by atoms with van der Waals surface area (Å²) in [5.41, 5.74) is 1.56. The molecule has 0 fully saturated rings. The molecule has 0 aliphatic rings.